The topological polar surface area (TPSA) is 116 Å². The van der Waals surface area contributed by atoms with E-state index in [0.29, 0.717) is 37.4 Å². The number of likely N-dealkylation sites (tertiary alicyclic amines) is 1. The first-order valence-corrected chi connectivity index (χ1v) is 11.9. The van der Waals surface area contributed by atoms with Crippen LogP contribution in [0.5, 0.6) is 5.75 Å². The molecule has 2 aromatic carbocycles. The standard InChI is InChI=1S/C27H30FN5O3/c1-18-23(25(34)31-26(29)30)17-24(33(18)16-11-19-7-9-21(28)10-8-19)20-12-14-32(15-13-20)27(35)36-22-5-3-2-4-6-22/h2-10,17,20H,11-16H2,1H3,(H4,29,30,31,34). The fourth-order valence-corrected chi connectivity index (χ4v) is 4.60. The zero-order valence-electron chi connectivity index (χ0n) is 20.2. The highest BCUT2D eigenvalue weighted by atomic mass is 19.1. The average Bonchev–Trinajstić information content (AvgIpc) is 3.20. The van der Waals surface area contributed by atoms with Crippen molar-refractivity contribution < 1.29 is 18.7 Å². The number of aliphatic imine (C=N–C) groups is 1. The van der Waals surface area contributed by atoms with E-state index < -0.39 is 5.91 Å². The van der Waals surface area contributed by atoms with Gasteiger partial charge in [0.2, 0.25) is 0 Å². The van der Waals surface area contributed by atoms with Gasteiger partial charge in [-0.3, -0.25) is 4.79 Å². The molecule has 1 aromatic heterocycles. The van der Waals surface area contributed by atoms with Gasteiger partial charge in [0.15, 0.2) is 5.96 Å². The Hall–Kier alpha value is -4.14. The Morgan fingerprint density at radius 3 is 2.36 bits per heavy atom. The molecule has 0 atom stereocenters. The molecule has 0 bridgehead atoms. The first-order chi connectivity index (χ1) is 17.3. The van der Waals surface area contributed by atoms with E-state index in [0.717, 1.165) is 29.8 Å². The summed E-state index contributed by atoms with van der Waals surface area (Å²) >= 11 is 0. The molecule has 1 aliphatic rings. The number of guanidine groups is 1. The van der Waals surface area contributed by atoms with Gasteiger partial charge in [-0.15, -0.1) is 0 Å². The maximum atomic E-state index is 13.3. The smallest absolute Gasteiger partial charge is 0.410 e. The lowest BCUT2D eigenvalue weighted by molar-refractivity contribution is 0.100. The second kappa shape index (κ2) is 11.1. The first kappa shape index (κ1) is 25.0. The Labute approximate surface area is 209 Å². The van der Waals surface area contributed by atoms with Crippen LogP contribution in [0.3, 0.4) is 0 Å². The monoisotopic (exact) mass is 491 g/mol. The number of ether oxygens (including phenoxy) is 1. The van der Waals surface area contributed by atoms with Crippen LogP contribution in [0.4, 0.5) is 9.18 Å². The van der Waals surface area contributed by atoms with Crippen molar-refractivity contribution in [3.05, 3.63) is 89.0 Å². The number of rotatable bonds is 6. The molecule has 0 aliphatic carbocycles. The third-order valence-corrected chi connectivity index (χ3v) is 6.52. The molecule has 9 heteroatoms. The molecular weight excluding hydrogens is 461 g/mol. The number of benzene rings is 2. The van der Waals surface area contributed by atoms with Crippen LogP contribution in [0.1, 0.15) is 46.1 Å². The fourth-order valence-electron chi connectivity index (χ4n) is 4.60. The van der Waals surface area contributed by atoms with Crippen molar-refractivity contribution in [2.24, 2.45) is 16.5 Å². The maximum Gasteiger partial charge on any atom is 0.415 e. The van der Waals surface area contributed by atoms with Gasteiger partial charge in [0.25, 0.3) is 5.91 Å². The van der Waals surface area contributed by atoms with Gasteiger partial charge in [0.05, 0.1) is 5.56 Å². The molecule has 1 saturated heterocycles. The molecule has 0 saturated carbocycles. The molecule has 188 valence electrons. The molecule has 3 aromatic rings. The second-order valence-electron chi connectivity index (χ2n) is 8.88. The SMILES string of the molecule is Cc1c(C(=O)N=C(N)N)cc(C2CCN(C(=O)Oc3ccccc3)CC2)n1CCc1ccc(F)cc1. The number of nitrogens with two attached hydrogens (primary N) is 2. The molecule has 2 heterocycles. The number of hydrogen-bond donors (Lipinski definition) is 2. The molecular formula is C27H30FN5O3. The van der Waals surface area contributed by atoms with E-state index in [2.05, 4.69) is 9.56 Å². The lowest BCUT2D eigenvalue weighted by Gasteiger charge is -2.32. The van der Waals surface area contributed by atoms with Crippen molar-refractivity contribution in [3.8, 4) is 5.75 Å². The summed E-state index contributed by atoms with van der Waals surface area (Å²) in [7, 11) is 0. The van der Waals surface area contributed by atoms with E-state index in [-0.39, 0.29) is 23.8 Å². The Kier molecular flexibility index (Phi) is 7.68. The van der Waals surface area contributed by atoms with Crippen LogP contribution in [0.2, 0.25) is 0 Å². The average molecular weight is 492 g/mol. The van der Waals surface area contributed by atoms with Crippen molar-refractivity contribution in [3.63, 3.8) is 0 Å². The number of carbonyl (C=O) groups excluding carboxylic acids is 2. The highest BCUT2D eigenvalue weighted by molar-refractivity contribution is 6.02. The third kappa shape index (κ3) is 5.91. The molecule has 0 spiro atoms. The lowest BCUT2D eigenvalue weighted by Crippen LogP contribution is -2.40. The van der Waals surface area contributed by atoms with Gasteiger partial charge in [-0.05, 0) is 62.1 Å². The van der Waals surface area contributed by atoms with Crippen molar-refractivity contribution in [1.82, 2.24) is 9.47 Å². The summed E-state index contributed by atoms with van der Waals surface area (Å²) in [4.78, 5) is 30.7. The summed E-state index contributed by atoms with van der Waals surface area (Å²) in [6.07, 6.45) is 1.74. The summed E-state index contributed by atoms with van der Waals surface area (Å²) in [5.41, 5.74) is 14.1. The first-order valence-electron chi connectivity index (χ1n) is 11.9. The Morgan fingerprint density at radius 2 is 1.72 bits per heavy atom. The predicted octanol–water partition coefficient (Wildman–Crippen LogP) is 3.97. The normalized spacial score (nSPS) is 13.9. The van der Waals surface area contributed by atoms with E-state index in [1.807, 2.05) is 31.2 Å². The van der Waals surface area contributed by atoms with Crippen LogP contribution in [0.25, 0.3) is 0 Å². The van der Waals surface area contributed by atoms with E-state index >= 15 is 0 Å². The van der Waals surface area contributed by atoms with Gasteiger partial charge in [0, 0.05) is 36.9 Å². The van der Waals surface area contributed by atoms with Gasteiger partial charge in [-0.1, -0.05) is 30.3 Å². The maximum absolute atomic E-state index is 13.3. The Bertz CT molecular complexity index is 1240. The van der Waals surface area contributed by atoms with Crippen molar-refractivity contribution >= 4 is 18.0 Å². The Morgan fingerprint density at radius 1 is 1.06 bits per heavy atom. The molecule has 2 amide bonds. The number of halogens is 1. The molecule has 1 aliphatic heterocycles. The van der Waals surface area contributed by atoms with Crippen LogP contribution in [0, 0.1) is 12.7 Å². The number of carbonyl (C=O) groups is 2. The predicted molar refractivity (Wildman–Crippen MR) is 135 cm³/mol. The lowest BCUT2D eigenvalue weighted by atomic mass is 9.93. The number of para-hydroxylation sites is 1. The van der Waals surface area contributed by atoms with E-state index in [1.54, 1.807) is 29.2 Å². The van der Waals surface area contributed by atoms with Gasteiger partial charge in [-0.2, -0.15) is 4.99 Å². The summed E-state index contributed by atoms with van der Waals surface area (Å²) in [6.45, 7) is 3.56. The quantitative estimate of drug-likeness (QED) is 0.400. The summed E-state index contributed by atoms with van der Waals surface area (Å²) in [5, 5.41) is 0. The number of piperidine rings is 1. The van der Waals surface area contributed by atoms with Gasteiger partial charge >= 0.3 is 6.09 Å². The number of aromatic nitrogens is 1. The largest absolute Gasteiger partial charge is 0.415 e. The van der Waals surface area contributed by atoms with E-state index in [1.165, 1.54) is 12.1 Å². The van der Waals surface area contributed by atoms with Gasteiger partial charge in [0.1, 0.15) is 11.6 Å². The van der Waals surface area contributed by atoms with Crippen LogP contribution >= 0.6 is 0 Å². The minimum Gasteiger partial charge on any atom is -0.410 e. The second-order valence-corrected chi connectivity index (χ2v) is 8.88. The molecule has 4 rings (SSSR count). The van der Waals surface area contributed by atoms with Gasteiger partial charge in [-0.25, -0.2) is 9.18 Å². The molecule has 0 radical (unpaired) electrons. The highest BCUT2D eigenvalue weighted by Crippen LogP contribution is 2.32. The summed E-state index contributed by atoms with van der Waals surface area (Å²) < 4.78 is 20.9. The number of hydrogen-bond acceptors (Lipinski definition) is 3. The highest BCUT2D eigenvalue weighted by Gasteiger charge is 2.29. The zero-order chi connectivity index (χ0) is 25.7. The van der Waals surface area contributed by atoms with Crippen molar-refractivity contribution in [1.29, 1.82) is 0 Å². The summed E-state index contributed by atoms with van der Waals surface area (Å²) in [6, 6.07) is 17.3. The Balaban J connectivity index is 1.51. The third-order valence-electron chi connectivity index (χ3n) is 6.52. The minimum atomic E-state index is -0.488. The van der Waals surface area contributed by atoms with Crippen LogP contribution < -0.4 is 16.2 Å². The molecule has 0 unspecified atom stereocenters. The van der Waals surface area contributed by atoms with E-state index in [4.69, 9.17) is 16.2 Å². The molecule has 4 N–H and O–H groups in total. The molecule has 36 heavy (non-hydrogen) atoms. The van der Waals surface area contributed by atoms with Crippen molar-refractivity contribution in [2.45, 2.75) is 38.6 Å². The van der Waals surface area contributed by atoms with Crippen LogP contribution in [-0.2, 0) is 13.0 Å². The number of aryl methyl sites for hydroxylation is 1. The molecule has 1 fully saturated rings. The van der Waals surface area contributed by atoms with Crippen LogP contribution in [0.15, 0.2) is 65.7 Å². The zero-order valence-corrected chi connectivity index (χ0v) is 20.2. The van der Waals surface area contributed by atoms with Crippen molar-refractivity contribution in [2.75, 3.05) is 13.1 Å². The van der Waals surface area contributed by atoms with Gasteiger partial charge < -0.3 is 25.7 Å². The summed E-state index contributed by atoms with van der Waals surface area (Å²) in [5.74, 6) is -0.404. The number of nitrogens with zero attached hydrogens (tertiary/aromatic N) is 3. The minimum absolute atomic E-state index is 0.137. The van der Waals surface area contributed by atoms with Crippen LogP contribution in [-0.4, -0.2) is 40.5 Å². The fraction of sp³-hybridized carbons (Fsp3) is 0.296. The molecule has 8 nitrogen and oxygen atoms in total. The number of amides is 2. The van der Waals surface area contributed by atoms with E-state index in [9.17, 15) is 14.0 Å².